The molecular formula is C21H31NO3. The lowest BCUT2D eigenvalue weighted by Crippen LogP contribution is -2.17. The van der Waals surface area contributed by atoms with Gasteiger partial charge in [-0.1, -0.05) is 44.7 Å². The lowest BCUT2D eigenvalue weighted by atomic mass is 10.1. The molecule has 0 saturated carbocycles. The van der Waals surface area contributed by atoms with E-state index >= 15 is 0 Å². The number of rotatable bonds is 11. The first-order valence-corrected chi connectivity index (χ1v) is 9.05. The molecule has 1 rings (SSSR count). The number of ether oxygens (including phenoxy) is 2. The molecule has 138 valence electrons. The third-order valence-corrected chi connectivity index (χ3v) is 3.79. The van der Waals surface area contributed by atoms with Crippen molar-refractivity contribution < 1.29 is 14.3 Å². The van der Waals surface area contributed by atoms with Gasteiger partial charge in [0.2, 0.25) is 0 Å². The van der Waals surface area contributed by atoms with Crippen LogP contribution in [0.5, 0.6) is 0 Å². The van der Waals surface area contributed by atoms with E-state index < -0.39 is 0 Å². The molecule has 0 amide bonds. The fourth-order valence-corrected chi connectivity index (χ4v) is 2.14. The number of benzene rings is 1. The number of carbonyl (C=O) groups excluding carboxylic acids is 1. The van der Waals surface area contributed by atoms with Crippen molar-refractivity contribution in [3.8, 4) is 11.8 Å². The van der Waals surface area contributed by atoms with E-state index in [0.29, 0.717) is 25.9 Å². The molecule has 1 aromatic carbocycles. The number of nitrogens with one attached hydrogen (secondary N) is 1. The molecule has 1 N–H and O–H groups in total. The summed E-state index contributed by atoms with van der Waals surface area (Å²) in [7, 11) is 0. The first kappa shape index (κ1) is 21.4. The second-order valence-corrected chi connectivity index (χ2v) is 6.28. The van der Waals surface area contributed by atoms with Crippen molar-refractivity contribution in [2.24, 2.45) is 5.92 Å². The maximum atomic E-state index is 11.4. The first-order valence-electron chi connectivity index (χ1n) is 9.05. The minimum atomic E-state index is 0.0340. The zero-order chi connectivity index (χ0) is 18.5. The molecule has 0 unspecified atom stereocenters. The fraction of sp³-hybridized carbons (Fsp3) is 0.571. The van der Waals surface area contributed by atoms with Gasteiger partial charge in [0.15, 0.2) is 5.78 Å². The van der Waals surface area contributed by atoms with E-state index in [1.54, 1.807) is 0 Å². The molecule has 0 heterocycles. The van der Waals surface area contributed by atoms with Gasteiger partial charge >= 0.3 is 0 Å². The molecule has 0 spiro atoms. The summed E-state index contributed by atoms with van der Waals surface area (Å²) in [5.41, 5.74) is 2.26. The Labute approximate surface area is 152 Å². The van der Waals surface area contributed by atoms with Crippen LogP contribution in [0, 0.1) is 17.8 Å². The Bertz CT molecular complexity index is 555. The molecule has 0 aliphatic rings. The van der Waals surface area contributed by atoms with Crippen molar-refractivity contribution >= 4 is 5.78 Å². The van der Waals surface area contributed by atoms with Gasteiger partial charge in [-0.25, -0.2) is 0 Å². The summed E-state index contributed by atoms with van der Waals surface area (Å²) < 4.78 is 10.8. The highest BCUT2D eigenvalue weighted by molar-refractivity contribution is 5.81. The van der Waals surface area contributed by atoms with Crippen LogP contribution >= 0.6 is 0 Å². The van der Waals surface area contributed by atoms with Crippen molar-refractivity contribution in [1.29, 1.82) is 0 Å². The molecule has 0 saturated heterocycles. The van der Waals surface area contributed by atoms with E-state index in [-0.39, 0.29) is 18.3 Å². The number of hydrogen-bond donors (Lipinski definition) is 1. The van der Waals surface area contributed by atoms with Gasteiger partial charge in [-0.2, -0.15) is 0 Å². The number of Topliss-reactive ketones (excluding diaryl/α,β-unsaturated/α-hetero) is 1. The van der Waals surface area contributed by atoms with E-state index in [9.17, 15) is 4.79 Å². The van der Waals surface area contributed by atoms with Crippen molar-refractivity contribution in [2.75, 3.05) is 33.0 Å². The van der Waals surface area contributed by atoms with Gasteiger partial charge in [0.05, 0.1) is 6.61 Å². The topological polar surface area (TPSA) is 47.6 Å². The Kier molecular flexibility index (Phi) is 10.8. The third-order valence-electron chi connectivity index (χ3n) is 3.79. The van der Waals surface area contributed by atoms with Gasteiger partial charge in [0.25, 0.3) is 0 Å². The summed E-state index contributed by atoms with van der Waals surface area (Å²) in [5, 5.41) is 3.39. The summed E-state index contributed by atoms with van der Waals surface area (Å²) in [4.78, 5) is 11.4. The van der Waals surface area contributed by atoms with Crippen molar-refractivity contribution in [3.63, 3.8) is 0 Å². The average molecular weight is 345 g/mol. The largest absolute Gasteiger partial charge is 0.374 e. The summed E-state index contributed by atoms with van der Waals surface area (Å²) in [6.45, 7) is 10.7. The smallest absolute Gasteiger partial charge is 0.160 e. The monoisotopic (exact) mass is 345 g/mol. The van der Waals surface area contributed by atoms with Gasteiger partial charge in [-0.15, -0.1) is 0 Å². The second-order valence-electron chi connectivity index (χ2n) is 6.28. The molecular weight excluding hydrogens is 314 g/mol. The SMILES string of the molecule is CCN[C@H](C)c1ccc(C#CCOCCCOCC(=O)C(C)C)cc1. The van der Waals surface area contributed by atoms with Gasteiger partial charge in [-0.3, -0.25) is 4.79 Å². The predicted octanol–water partition coefficient (Wildman–Crippen LogP) is 3.36. The number of ketones is 1. The molecule has 0 bridgehead atoms. The minimum Gasteiger partial charge on any atom is -0.374 e. The Balaban J connectivity index is 2.15. The molecule has 25 heavy (non-hydrogen) atoms. The Morgan fingerprint density at radius 2 is 1.80 bits per heavy atom. The molecule has 4 nitrogen and oxygen atoms in total. The van der Waals surface area contributed by atoms with E-state index in [4.69, 9.17) is 9.47 Å². The maximum Gasteiger partial charge on any atom is 0.160 e. The van der Waals surface area contributed by atoms with Crippen molar-refractivity contribution in [3.05, 3.63) is 35.4 Å². The molecule has 0 fully saturated rings. The minimum absolute atomic E-state index is 0.0340. The lowest BCUT2D eigenvalue weighted by Gasteiger charge is -2.12. The molecule has 1 aromatic rings. The molecule has 0 aliphatic heterocycles. The van der Waals surface area contributed by atoms with Crippen LogP contribution in [0.15, 0.2) is 24.3 Å². The summed E-state index contributed by atoms with van der Waals surface area (Å²) in [5.74, 6) is 6.29. The lowest BCUT2D eigenvalue weighted by molar-refractivity contribution is -0.126. The standard InChI is InChI=1S/C21H31NO3/c1-5-22-18(4)20-11-9-19(10-12-20)8-6-13-24-14-7-15-25-16-21(23)17(2)3/h9-12,17-18,22H,5,7,13-16H2,1-4H3/t18-/m1/s1. The van der Waals surface area contributed by atoms with Crippen LogP contribution in [0.1, 0.15) is 51.3 Å². The van der Waals surface area contributed by atoms with Gasteiger partial charge < -0.3 is 14.8 Å². The quantitative estimate of drug-likeness (QED) is 0.493. The summed E-state index contributed by atoms with van der Waals surface area (Å²) >= 11 is 0. The zero-order valence-corrected chi connectivity index (χ0v) is 15.9. The van der Waals surface area contributed by atoms with E-state index in [2.05, 4.69) is 43.1 Å². The molecule has 4 heteroatoms. The second kappa shape index (κ2) is 12.7. The highest BCUT2D eigenvalue weighted by atomic mass is 16.5. The van der Waals surface area contributed by atoms with Crippen LogP contribution in [0.25, 0.3) is 0 Å². The van der Waals surface area contributed by atoms with Crippen LogP contribution in [-0.2, 0) is 14.3 Å². The van der Waals surface area contributed by atoms with Crippen molar-refractivity contribution in [2.45, 2.75) is 40.2 Å². The molecule has 0 aliphatic carbocycles. The van der Waals surface area contributed by atoms with Gasteiger partial charge in [0, 0.05) is 24.1 Å². The van der Waals surface area contributed by atoms with E-state index in [1.807, 2.05) is 26.0 Å². The summed E-state index contributed by atoms with van der Waals surface area (Å²) in [6, 6.07) is 8.64. The predicted molar refractivity (Wildman–Crippen MR) is 102 cm³/mol. The Morgan fingerprint density at radius 1 is 1.12 bits per heavy atom. The summed E-state index contributed by atoms with van der Waals surface area (Å²) in [6.07, 6.45) is 0.768. The maximum absolute atomic E-state index is 11.4. The number of carbonyl (C=O) groups is 1. The Morgan fingerprint density at radius 3 is 2.44 bits per heavy atom. The fourth-order valence-electron chi connectivity index (χ4n) is 2.14. The van der Waals surface area contributed by atoms with Crippen LogP contribution in [0.2, 0.25) is 0 Å². The highest BCUT2D eigenvalue weighted by Gasteiger charge is 2.06. The molecule has 0 aromatic heterocycles. The average Bonchev–Trinajstić information content (AvgIpc) is 2.60. The highest BCUT2D eigenvalue weighted by Crippen LogP contribution is 2.12. The van der Waals surface area contributed by atoms with Gasteiger partial charge in [-0.05, 0) is 37.6 Å². The van der Waals surface area contributed by atoms with Crippen LogP contribution in [0.4, 0.5) is 0 Å². The zero-order valence-electron chi connectivity index (χ0n) is 15.9. The Hall–Kier alpha value is -1.67. The third kappa shape index (κ3) is 9.40. The van der Waals surface area contributed by atoms with Crippen LogP contribution < -0.4 is 5.32 Å². The normalized spacial score (nSPS) is 11.9. The van der Waals surface area contributed by atoms with Gasteiger partial charge in [0.1, 0.15) is 13.2 Å². The van der Waals surface area contributed by atoms with Crippen LogP contribution in [0.3, 0.4) is 0 Å². The molecule has 1 atom stereocenters. The van der Waals surface area contributed by atoms with Crippen LogP contribution in [-0.4, -0.2) is 38.8 Å². The van der Waals surface area contributed by atoms with Crippen molar-refractivity contribution in [1.82, 2.24) is 5.32 Å². The first-order chi connectivity index (χ1) is 12.0. The van der Waals surface area contributed by atoms with E-state index in [0.717, 1.165) is 18.5 Å². The molecule has 0 radical (unpaired) electrons. The van der Waals surface area contributed by atoms with E-state index in [1.165, 1.54) is 5.56 Å². The number of hydrogen-bond acceptors (Lipinski definition) is 4.